The van der Waals surface area contributed by atoms with Gasteiger partial charge in [0.05, 0.1) is 29.0 Å². The minimum Gasteiger partial charge on any atom is -0.506 e. The van der Waals surface area contributed by atoms with E-state index < -0.39 is 18.2 Å². The van der Waals surface area contributed by atoms with Crippen LogP contribution in [0.25, 0.3) is 10.2 Å². The molecule has 0 aliphatic carbocycles. The molecule has 3 heterocycles. The number of nitrogens with one attached hydrogen (secondary N) is 1. The summed E-state index contributed by atoms with van der Waals surface area (Å²) in [5.41, 5.74) is 15.0. The quantitative estimate of drug-likeness (QED) is 0.182. The first kappa shape index (κ1) is 29.1. The molecule has 4 amide bonds. The Labute approximate surface area is 256 Å². The summed E-state index contributed by atoms with van der Waals surface area (Å²) in [5.74, 6) is -1.00. The minimum atomic E-state index is -0.884. The average molecular weight is 619 g/mol. The lowest BCUT2D eigenvalue weighted by Crippen LogP contribution is -2.65. The van der Waals surface area contributed by atoms with Gasteiger partial charge >= 0.3 is 6.03 Å². The van der Waals surface area contributed by atoms with Gasteiger partial charge in [0.25, 0.3) is 0 Å². The lowest BCUT2D eigenvalue weighted by molar-refractivity contribution is -0.157. The molecule has 0 bridgehead atoms. The van der Waals surface area contributed by atoms with Crippen LogP contribution in [0.2, 0.25) is 0 Å². The molecule has 1 aromatic heterocycles. The Bertz CT molecular complexity index is 1750. The summed E-state index contributed by atoms with van der Waals surface area (Å²) in [5, 5.41) is 16.1. The fourth-order valence-electron chi connectivity index (χ4n) is 5.77. The largest absolute Gasteiger partial charge is 0.506 e. The number of nitrogen functional groups attached to an aromatic ring is 2. The van der Waals surface area contributed by atoms with E-state index in [0.29, 0.717) is 21.8 Å². The summed E-state index contributed by atoms with van der Waals surface area (Å²) in [6.45, 7) is 0.416. The Balaban J connectivity index is 1.28. The highest BCUT2D eigenvalue weighted by molar-refractivity contribution is 7.22. The molecule has 2 aliphatic rings. The predicted molar refractivity (Wildman–Crippen MR) is 163 cm³/mol. The molecule has 2 atom stereocenters. The molecule has 12 nitrogen and oxygen atoms in total. The molecule has 0 spiro atoms. The molecule has 2 aliphatic heterocycles. The second-order valence-corrected chi connectivity index (χ2v) is 11.9. The fraction of sp³-hybridized carbons (Fsp3) is 0.267. The molecule has 6 rings (SSSR count). The van der Waals surface area contributed by atoms with E-state index in [1.54, 1.807) is 41.2 Å². The molecule has 44 heavy (non-hydrogen) atoms. The molecule has 3 aromatic carbocycles. The lowest BCUT2D eigenvalue weighted by atomic mass is 9.99. The molecule has 2 fully saturated rings. The number of urea groups is 1. The van der Waals surface area contributed by atoms with Gasteiger partial charge < -0.3 is 31.7 Å². The molecule has 0 radical (unpaired) electrons. The Morgan fingerprint density at radius 2 is 1.89 bits per heavy atom. The summed E-state index contributed by atoms with van der Waals surface area (Å²) < 4.78 is 14.2. The van der Waals surface area contributed by atoms with Crippen molar-refractivity contribution in [3.05, 3.63) is 83.2 Å². The van der Waals surface area contributed by atoms with Gasteiger partial charge in [0.15, 0.2) is 5.13 Å². The number of hydrazine groups is 1. The Kier molecular flexibility index (Phi) is 7.69. The number of amides is 4. The van der Waals surface area contributed by atoms with Gasteiger partial charge in [0, 0.05) is 26.6 Å². The maximum atomic E-state index is 14.1. The molecule has 228 valence electrons. The van der Waals surface area contributed by atoms with E-state index >= 15 is 0 Å². The van der Waals surface area contributed by atoms with Crippen LogP contribution in [-0.4, -0.2) is 80.1 Å². The Morgan fingerprint density at radius 3 is 2.64 bits per heavy atom. The number of carbonyl (C=O) groups is 3. The van der Waals surface area contributed by atoms with E-state index in [9.17, 15) is 23.9 Å². The molecule has 4 aromatic rings. The van der Waals surface area contributed by atoms with Crippen molar-refractivity contribution in [2.45, 2.75) is 31.7 Å². The van der Waals surface area contributed by atoms with Gasteiger partial charge in [0.1, 0.15) is 23.8 Å². The normalized spacial score (nSPS) is 18.6. The Hall–Kier alpha value is -4.95. The van der Waals surface area contributed by atoms with E-state index in [1.807, 2.05) is 18.2 Å². The van der Waals surface area contributed by atoms with Crippen LogP contribution in [0.3, 0.4) is 0 Å². The summed E-state index contributed by atoms with van der Waals surface area (Å²) in [4.78, 5) is 48.5. The molecule has 0 unspecified atom stereocenters. The van der Waals surface area contributed by atoms with Crippen molar-refractivity contribution < 1.29 is 23.9 Å². The number of thiazole rings is 1. The van der Waals surface area contributed by atoms with Gasteiger partial charge in [-0.1, -0.05) is 41.7 Å². The van der Waals surface area contributed by atoms with Crippen LogP contribution in [0.4, 0.5) is 20.0 Å². The van der Waals surface area contributed by atoms with Crippen LogP contribution in [-0.2, 0) is 29.1 Å². The summed E-state index contributed by atoms with van der Waals surface area (Å²) in [6.07, 6.45) is -0.481. The zero-order valence-electron chi connectivity index (χ0n) is 23.8. The van der Waals surface area contributed by atoms with Crippen molar-refractivity contribution >= 4 is 50.2 Å². The third-order valence-electron chi connectivity index (χ3n) is 8.00. The van der Waals surface area contributed by atoms with E-state index in [2.05, 4.69) is 10.3 Å². The number of nitrogens with zero attached hydrogens (tertiary/aromatic N) is 5. The standard InChI is InChI=1S/C30H31FN8O4S/c1-36(30(43)34-13-17-5-8-20(31)9-6-17)38-16-26(41)39-22(12-18-7-10-23(40)21(32)11-18)28(42)37(15-25(38)39)14-19-3-2-4-24-27(19)35-29(33)44-24/h2-11,22,25,40H,12-16,32H2,1H3,(H2,33,35)(H,34,43)/t22-,25+/m0/s1. The van der Waals surface area contributed by atoms with Gasteiger partial charge in [-0.3, -0.25) is 14.6 Å². The number of fused-ring (bicyclic) bond motifs is 2. The number of hydrogen-bond donors (Lipinski definition) is 4. The first-order chi connectivity index (χ1) is 21.1. The van der Waals surface area contributed by atoms with Crippen LogP contribution < -0.4 is 16.8 Å². The number of carbonyl (C=O) groups excluding carboxylic acids is 3. The smallest absolute Gasteiger partial charge is 0.332 e. The molecular weight excluding hydrogens is 587 g/mol. The van der Waals surface area contributed by atoms with Crippen molar-refractivity contribution in [1.29, 1.82) is 0 Å². The fourth-order valence-corrected chi connectivity index (χ4v) is 6.55. The molecule has 14 heteroatoms. The van der Waals surface area contributed by atoms with E-state index in [-0.39, 0.29) is 61.7 Å². The number of phenols is 1. The number of aromatic nitrogens is 1. The number of piperazine rings is 1. The summed E-state index contributed by atoms with van der Waals surface area (Å²) in [6, 6.07) is 14.9. The number of phenolic OH excluding ortho intramolecular Hbond substituents is 1. The number of nitrogens with two attached hydrogens (primary N) is 2. The maximum absolute atomic E-state index is 14.1. The van der Waals surface area contributed by atoms with Gasteiger partial charge in [0.2, 0.25) is 11.8 Å². The van der Waals surface area contributed by atoms with Gasteiger partial charge in [-0.15, -0.1) is 0 Å². The highest BCUT2D eigenvalue weighted by Gasteiger charge is 2.51. The second kappa shape index (κ2) is 11.6. The molecule has 6 N–H and O–H groups in total. The van der Waals surface area contributed by atoms with Gasteiger partial charge in [-0.2, -0.15) is 5.01 Å². The number of benzene rings is 3. The van der Waals surface area contributed by atoms with Crippen molar-refractivity contribution in [3.8, 4) is 5.75 Å². The average Bonchev–Trinajstić information content (AvgIpc) is 3.55. The summed E-state index contributed by atoms with van der Waals surface area (Å²) in [7, 11) is 1.56. The third-order valence-corrected chi connectivity index (χ3v) is 8.85. The monoisotopic (exact) mass is 618 g/mol. The number of rotatable bonds is 7. The van der Waals surface area contributed by atoms with Crippen LogP contribution in [0.5, 0.6) is 5.75 Å². The van der Waals surface area contributed by atoms with E-state index in [4.69, 9.17) is 11.5 Å². The van der Waals surface area contributed by atoms with Crippen LogP contribution >= 0.6 is 11.3 Å². The van der Waals surface area contributed by atoms with Crippen molar-refractivity contribution in [3.63, 3.8) is 0 Å². The number of aromatic hydroxyl groups is 1. The number of para-hydroxylation sites is 1. The van der Waals surface area contributed by atoms with Crippen LogP contribution in [0, 0.1) is 5.82 Å². The van der Waals surface area contributed by atoms with Crippen molar-refractivity contribution in [2.24, 2.45) is 0 Å². The van der Waals surface area contributed by atoms with Crippen LogP contribution in [0.15, 0.2) is 60.7 Å². The highest BCUT2D eigenvalue weighted by Crippen LogP contribution is 2.33. The molecular formula is C30H31FN8O4S. The predicted octanol–water partition coefficient (Wildman–Crippen LogP) is 2.49. The first-order valence-electron chi connectivity index (χ1n) is 13.9. The highest BCUT2D eigenvalue weighted by atomic mass is 32.1. The minimum absolute atomic E-state index is 0.0736. The number of hydrogen-bond acceptors (Lipinski definition) is 9. The lowest BCUT2D eigenvalue weighted by Gasteiger charge is -2.45. The third kappa shape index (κ3) is 5.56. The number of halogens is 1. The van der Waals surface area contributed by atoms with Crippen LogP contribution in [0.1, 0.15) is 16.7 Å². The zero-order chi connectivity index (χ0) is 31.1. The topological polar surface area (TPSA) is 161 Å². The van der Waals surface area contributed by atoms with Gasteiger partial charge in [-0.05, 0) is 47.0 Å². The molecule has 2 saturated heterocycles. The SMILES string of the molecule is CN(C(=O)NCc1ccc(F)cc1)N1CC(=O)N2[C@@H](Cc3ccc(O)c(N)c3)C(=O)N(Cc3cccc4sc(N)nc34)C[C@@H]21. The van der Waals surface area contributed by atoms with Gasteiger partial charge in [-0.25, -0.2) is 14.2 Å². The molecule has 0 saturated carbocycles. The first-order valence-corrected chi connectivity index (χ1v) is 14.7. The zero-order valence-corrected chi connectivity index (χ0v) is 24.6. The van der Waals surface area contributed by atoms with E-state index in [1.165, 1.54) is 39.4 Å². The number of anilines is 2. The second-order valence-electron chi connectivity index (χ2n) is 10.8. The summed E-state index contributed by atoms with van der Waals surface area (Å²) >= 11 is 1.36. The maximum Gasteiger partial charge on any atom is 0.332 e. The van der Waals surface area contributed by atoms with Crippen molar-refractivity contribution in [2.75, 3.05) is 31.6 Å². The van der Waals surface area contributed by atoms with Crippen molar-refractivity contribution in [1.82, 2.24) is 30.1 Å². The van der Waals surface area contributed by atoms with E-state index in [0.717, 1.165) is 10.3 Å². The Morgan fingerprint density at radius 1 is 1.14 bits per heavy atom.